The summed E-state index contributed by atoms with van der Waals surface area (Å²) in [5, 5.41) is 20.4. The SMILES string of the molecule is CC1CC=C2C(=O)N(CCSSCCN3C(=O)c4ccc(NCCCN(C)C)c5cccc(c45)C3O)C(=O)C3=C2C1C(C)(NCCCN(C)C)C=C3. The molecular weight excluding hydrogens is 693 g/mol. The number of imide groups is 1. The minimum atomic E-state index is -1.03. The van der Waals surface area contributed by atoms with E-state index >= 15 is 0 Å². The Balaban J connectivity index is 1.03. The van der Waals surface area contributed by atoms with Crippen LogP contribution in [0.15, 0.2) is 65.3 Å². The molecule has 0 fully saturated rings. The molecule has 3 amide bonds. The van der Waals surface area contributed by atoms with E-state index in [-0.39, 0.29) is 29.2 Å². The number of aliphatic hydroxyl groups excluding tert-OH is 1. The molecule has 10 nitrogen and oxygen atoms in total. The smallest absolute Gasteiger partial charge is 0.261 e. The number of anilines is 1. The molecule has 2 aromatic rings. The molecule has 0 saturated carbocycles. The maximum atomic E-state index is 13.8. The molecule has 0 aromatic heterocycles. The number of hydrogen-bond acceptors (Lipinski definition) is 10. The predicted molar refractivity (Wildman–Crippen MR) is 214 cm³/mol. The molecule has 2 aromatic carbocycles. The summed E-state index contributed by atoms with van der Waals surface area (Å²) >= 11 is 0. The van der Waals surface area contributed by atoms with Crippen molar-refractivity contribution in [2.75, 3.05) is 84.3 Å². The quantitative estimate of drug-likeness (QED) is 0.114. The molecule has 3 N–H and O–H groups in total. The first-order valence-corrected chi connectivity index (χ1v) is 21.0. The Morgan fingerprint density at radius 1 is 0.923 bits per heavy atom. The molecular formula is C40H54N6O4S2. The molecule has 0 spiro atoms. The zero-order valence-electron chi connectivity index (χ0n) is 31.4. The second-order valence-electron chi connectivity index (χ2n) is 15.1. The fourth-order valence-corrected chi connectivity index (χ4v) is 10.1. The molecule has 6 rings (SSSR count). The summed E-state index contributed by atoms with van der Waals surface area (Å²) < 4.78 is 0. The van der Waals surface area contributed by atoms with E-state index in [2.05, 4.69) is 68.5 Å². The van der Waals surface area contributed by atoms with Crippen molar-refractivity contribution in [3.8, 4) is 0 Å². The Kier molecular flexibility index (Phi) is 12.2. The average Bonchev–Trinajstić information content (AvgIpc) is 3.11. The number of nitrogens with one attached hydrogen (secondary N) is 2. The van der Waals surface area contributed by atoms with Gasteiger partial charge < -0.3 is 30.4 Å². The second-order valence-corrected chi connectivity index (χ2v) is 17.8. The van der Waals surface area contributed by atoms with Crippen LogP contribution >= 0.6 is 21.6 Å². The van der Waals surface area contributed by atoms with Crippen LogP contribution in [0.5, 0.6) is 0 Å². The monoisotopic (exact) mass is 746 g/mol. The van der Waals surface area contributed by atoms with Gasteiger partial charge in [-0.3, -0.25) is 19.3 Å². The summed E-state index contributed by atoms with van der Waals surface area (Å²) in [7, 11) is 11.4. The van der Waals surface area contributed by atoms with E-state index < -0.39 is 6.23 Å². The molecule has 2 aliphatic heterocycles. The first kappa shape index (κ1) is 38.6. The van der Waals surface area contributed by atoms with Gasteiger partial charge in [0.25, 0.3) is 17.7 Å². The number of rotatable bonds is 17. The fraction of sp³-hybridized carbons (Fsp3) is 0.525. The van der Waals surface area contributed by atoms with Crippen LogP contribution in [0.3, 0.4) is 0 Å². The van der Waals surface area contributed by atoms with Crippen LogP contribution in [0, 0.1) is 11.8 Å². The van der Waals surface area contributed by atoms with Crippen LogP contribution in [0.4, 0.5) is 5.69 Å². The van der Waals surface area contributed by atoms with Crippen molar-refractivity contribution in [2.45, 2.75) is 44.9 Å². The van der Waals surface area contributed by atoms with E-state index in [1.54, 1.807) is 21.6 Å². The third-order valence-corrected chi connectivity index (χ3v) is 13.1. The van der Waals surface area contributed by atoms with E-state index in [1.807, 2.05) is 42.5 Å². The van der Waals surface area contributed by atoms with Crippen molar-refractivity contribution >= 4 is 55.8 Å². The first-order valence-electron chi connectivity index (χ1n) is 18.5. The lowest BCUT2D eigenvalue weighted by Crippen LogP contribution is -2.56. The van der Waals surface area contributed by atoms with Crippen molar-refractivity contribution in [1.82, 2.24) is 24.9 Å². The number of aliphatic hydroxyl groups is 1. The van der Waals surface area contributed by atoms with Gasteiger partial charge in [-0.1, -0.05) is 64.9 Å². The summed E-state index contributed by atoms with van der Waals surface area (Å²) in [6.45, 7) is 8.74. The van der Waals surface area contributed by atoms with Gasteiger partial charge in [0.05, 0.1) is 0 Å². The highest BCUT2D eigenvalue weighted by molar-refractivity contribution is 8.76. The van der Waals surface area contributed by atoms with Gasteiger partial charge >= 0.3 is 0 Å². The van der Waals surface area contributed by atoms with E-state index in [0.717, 1.165) is 73.0 Å². The fourth-order valence-electron chi connectivity index (χ4n) is 8.19. The highest BCUT2D eigenvalue weighted by atomic mass is 33.1. The normalized spacial score (nSPS) is 24.1. The van der Waals surface area contributed by atoms with E-state index in [1.165, 1.54) is 9.80 Å². The average molecular weight is 747 g/mol. The Hall–Kier alpha value is -3.13. The predicted octanol–water partition coefficient (Wildman–Crippen LogP) is 5.15. The van der Waals surface area contributed by atoms with Gasteiger partial charge in [-0.15, -0.1) is 0 Å². The summed E-state index contributed by atoms with van der Waals surface area (Å²) in [4.78, 5) is 48.5. The van der Waals surface area contributed by atoms with Crippen LogP contribution in [0.25, 0.3) is 10.8 Å². The molecule has 12 heteroatoms. The van der Waals surface area contributed by atoms with Gasteiger partial charge in [0.2, 0.25) is 0 Å². The van der Waals surface area contributed by atoms with E-state index in [0.29, 0.717) is 47.2 Å². The number of allylic oxidation sites excluding steroid dienone is 1. The van der Waals surface area contributed by atoms with Gasteiger partial charge in [-0.2, -0.15) is 0 Å². The maximum Gasteiger partial charge on any atom is 0.261 e. The van der Waals surface area contributed by atoms with Crippen molar-refractivity contribution in [3.63, 3.8) is 0 Å². The van der Waals surface area contributed by atoms with Crippen LogP contribution in [0.2, 0.25) is 0 Å². The zero-order valence-corrected chi connectivity index (χ0v) is 33.0. The van der Waals surface area contributed by atoms with E-state index in [9.17, 15) is 19.5 Å². The lowest BCUT2D eigenvalue weighted by molar-refractivity contribution is -0.140. The van der Waals surface area contributed by atoms with Crippen molar-refractivity contribution in [2.24, 2.45) is 11.8 Å². The Morgan fingerprint density at radius 3 is 2.37 bits per heavy atom. The van der Waals surface area contributed by atoms with Gasteiger partial charge in [0, 0.05) is 81.3 Å². The summed E-state index contributed by atoms with van der Waals surface area (Å²) in [5.41, 5.74) is 4.22. The third-order valence-electron chi connectivity index (χ3n) is 10.8. The Labute approximate surface area is 316 Å². The lowest BCUT2D eigenvalue weighted by Gasteiger charge is -2.48. The third kappa shape index (κ3) is 7.74. The van der Waals surface area contributed by atoms with Crippen LogP contribution in [-0.2, 0) is 9.59 Å². The van der Waals surface area contributed by atoms with Crippen LogP contribution < -0.4 is 10.6 Å². The number of benzene rings is 2. The Bertz CT molecular complexity index is 1790. The van der Waals surface area contributed by atoms with Crippen LogP contribution in [-0.4, -0.2) is 127 Å². The van der Waals surface area contributed by atoms with Crippen LogP contribution in [0.1, 0.15) is 55.3 Å². The lowest BCUT2D eigenvalue weighted by atomic mass is 9.62. The molecule has 2 heterocycles. The molecule has 0 radical (unpaired) electrons. The van der Waals surface area contributed by atoms with Gasteiger partial charge in [0.15, 0.2) is 6.23 Å². The number of amides is 3. The van der Waals surface area contributed by atoms with Crippen molar-refractivity contribution < 1.29 is 19.5 Å². The summed E-state index contributed by atoms with van der Waals surface area (Å²) in [5.74, 6) is 0.921. The molecule has 280 valence electrons. The first-order chi connectivity index (χ1) is 24.9. The molecule has 4 aliphatic rings. The zero-order chi connectivity index (χ0) is 37.2. The van der Waals surface area contributed by atoms with Crippen molar-refractivity contribution in [1.29, 1.82) is 0 Å². The molecule has 0 saturated heterocycles. The summed E-state index contributed by atoms with van der Waals surface area (Å²) in [6, 6.07) is 9.68. The largest absolute Gasteiger partial charge is 0.384 e. The highest BCUT2D eigenvalue weighted by Gasteiger charge is 2.49. The maximum absolute atomic E-state index is 13.8. The highest BCUT2D eigenvalue weighted by Crippen LogP contribution is 2.48. The number of nitrogens with zero attached hydrogens (tertiary/aromatic N) is 4. The molecule has 4 atom stereocenters. The standard InChI is InChI=1S/C40H54N6O4S2/c1-26-12-13-30-34-31(16-17-40(2,35(26)34)42-19-9-21-44(5)6)39(50)46(38(30)49)23-25-52-51-24-22-45-36(47)28-11-7-10-27-32(41-18-8-20-43(3)4)15-14-29(33(27)28)37(45)48/h7,10-11,13-17,26,35-36,41-42,47H,8-9,12,18-25H2,1-6H3. The van der Waals surface area contributed by atoms with Gasteiger partial charge in [-0.25, -0.2) is 0 Å². The molecule has 2 aliphatic carbocycles. The molecule has 52 heavy (non-hydrogen) atoms. The van der Waals surface area contributed by atoms with Gasteiger partial charge in [0.1, 0.15) is 0 Å². The Morgan fingerprint density at radius 2 is 1.63 bits per heavy atom. The number of carbonyl (C=O) groups is 3. The van der Waals surface area contributed by atoms with Gasteiger partial charge in [-0.05, 0) is 97.6 Å². The van der Waals surface area contributed by atoms with Crippen molar-refractivity contribution in [3.05, 3.63) is 76.4 Å². The topological polar surface area (TPSA) is 108 Å². The summed E-state index contributed by atoms with van der Waals surface area (Å²) in [6.07, 6.45) is 7.89. The second kappa shape index (κ2) is 16.5. The minimum Gasteiger partial charge on any atom is -0.384 e. The number of hydrogen-bond donors (Lipinski definition) is 3. The number of carbonyl (C=O) groups excluding carboxylic acids is 3. The van der Waals surface area contributed by atoms with E-state index in [4.69, 9.17) is 0 Å². The molecule has 4 unspecified atom stereocenters. The molecule has 0 bridgehead atoms. The minimum absolute atomic E-state index is 0.0513.